The number of carboxylic acids is 1. The first-order chi connectivity index (χ1) is 9.70. The molecule has 20 heavy (non-hydrogen) atoms. The third-order valence-corrected chi connectivity index (χ3v) is 2.97. The second-order valence-corrected chi connectivity index (χ2v) is 4.37. The standard InChI is InChI=1S/C16H14N2O2/c17-10-12-6-8-13(9-7-12)11-18-15(16(19)20)14-4-2-1-3-5-14/h1-9,15,18H,11H2,(H,19,20). The van der Waals surface area contributed by atoms with Crippen LogP contribution >= 0.6 is 0 Å². The Morgan fingerprint density at radius 3 is 2.35 bits per heavy atom. The molecule has 2 aromatic rings. The van der Waals surface area contributed by atoms with Gasteiger partial charge < -0.3 is 5.11 Å². The van der Waals surface area contributed by atoms with Crippen LogP contribution in [0.1, 0.15) is 22.7 Å². The number of nitrogens with zero attached hydrogens (tertiary/aromatic N) is 1. The van der Waals surface area contributed by atoms with Gasteiger partial charge in [-0.2, -0.15) is 5.26 Å². The molecule has 0 spiro atoms. The highest BCUT2D eigenvalue weighted by Crippen LogP contribution is 2.14. The number of hydrogen-bond donors (Lipinski definition) is 2. The maximum Gasteiger partial charge on any atom is 0.325 e. The van der Waals surface area contributed by atoms with Crippen LogP contribution in [0.5, 0.6) is 0 Å². The van der Waals surface area contributed by atoms with Gasteiger partial charge in [0.15, 0.2) is 0 Å². The van der Waals surface area contributed by atoms with E-state index in [0.717, 1.165) is 5.56 Å². The van der Waals surface area contributed by atoms with Gasteiger partial charge in [0.05, 0.1) is 11.6 Å². The van der Waals surface area contributed by atoms with Crippen molar-refractivity contribution < 1.29 is 9.90 Å². The van der Waals surface area contributed by atoms with E-state index in [1.54, 1.807) is 24.3 Å². The van der Waals surface area contributed by atoms with E-state index in [2.05, 4.69) is 5.32 Å². The molecule has 0 radical (unpaired) electrons. The highest BCUT2D eigenvalue weighted by atomic mass is 16.4. The highest BCUT2D eigenvalue weighted by Gasteiger charge is 2.18. The zero-order valence-corrected chi connectivity index (χ0v) is 10.8. The van der Waals surface area contributed by atoms with E-state index in [9.17, 15) is 9.90 Å². The summed E-state index contributed by atoms with van der Waals surface area (Å²) in [7, 11) is 0. The predicted octanol–water partition coefficient (Wildman–Crippen LogP) is 2.47. The van der Waals surface area contributed by atoms with Crippen molar-refractivity contribution in [3.05, 3.63) is 71.3 Å². The molecule has 2 aromatic carbocycles. The molecule has 0 bridgehead atoms. The molecule has 4 nitrogen and oxygen atoms in total. The fourth-order valence-electron chi connectivity index (χ4n) is 1.91. The summed E-state index contributed by atoms with van der Waals surface area (Å²) in [6, 6.07) is 17.4. The molecule has 2 rings (SSSR count). The summed E-state index contributed by atoms with van der Waals surface area (Å²) in [4.78, 5) is 11.3. The Kier molecular flexibility index (Phi) is 4.48. The van der Waals surface area contributed by atoms with Crippen LogP contribution in [0.3, 0.4) is 0 Å². The molecule has 4 heteroatoms. The zero-order valence-electron chi connectivity index (χ0n) is 10.8. The van der Waals surface area contributed by atoms with Crippen molar-refractivity contribution in [1.29, 1.82) is 5.26 Å². The van der Waals surface area contributed by atoms with Crippen LogP contribution in [0.4, 0.5) is 0 Å². The lowest BCUT2D eigenvalue weighted by molar-refractivity contribution is -0.139. The van der Waals surface area contributed by atoms with E-state index < -0.39 is 12.0 Å². The van der Waals surface area contributed by atoms with E-state index in [4.69, 9.17) is 5.26 Å². The smallest absolute Gasteiger partial charge is 0.325 e. The molecule has 100 valence electrons. The van der Waals surface area contributed by atoms with Gasteiger partial charge in [0.1, 0.15) is 6.04 Å². The summed E-state index contributed by atoms with van der Waals surface area (Å²) in [5.74, 6) is -0.912. The van der Waals surface area contributed by atoms with Gasteiger partial charge in [-0.05, 0) is 23.3 Å². The van der Waals surface area contributed by atoms with E-state index in [-0.39, 0.29) is 0 Å². The molecule has 0 saturated carbocycles. The summed E-state index contributed by atoms with van der Waals surface area (Å²) in [6.07, 6.45) is 0. The first-order valence-corrected chi connectivity index (χ1v) is 6.21. The molecule has 2 N–H and O–H groups in total. The molecule has 0 aliphatic rings. The molecule has 0 aliphatic heterocycles. The quantitative estimate of drug-likeness (QED) is 0.872. The van der Waals surface area contributed by atoms with E-state index >= 15 is 0 Å². The van der Waals surface area contributed by atoms with Gasteiger partial charge in [-0.15, -0.1) is 0 Å². The SMILES string of the molecule is N#Cc1ccc(CNC(C(=O)O)c2ccccc2)cc1. The lowest BCUT2D eigenvalue weighted by atomic mass is 10.1. The summed E-state index contributed by atoms with van der Waals surface area (Å²) < 4.78 is 0. The normalized spacial score (nSPS) is 11.6. The van der Waals surface area contributed by atoms with Crippen LogP contribution in [0.25, 0.3) is 0 Å². The lowest BCUT2D eigenvalue weighted by Crippen LogP contribution is -2.28. The Morgan fingerprint density at radius 2 is 1.80 bits per heavy atom. The van der Waals surface area contributed by atoms with E-state index in [0.29, 0.717) is 17.7 Å². The average molecular weight is 266 g/mol. The summed E-state index contributed by atoms with van der Waals surface area (Å²) >= 11 is 0. The number of benzene rings is 2. The first-order valence-electron chi connectivity index (χ1n) is 6.21. The molecule has 0 fully saturated rings. The fraction of sp³-hybridized carbons (Fsp3) is 0.125. The number of nitriles is 1. The molecule has 1 unspecified atom stereocenters. The largest absolute Gasteiger partial charge is 0.480 e. The topological polar surface area (TPSA) is 73.1 Å². The van der Waals surface area contributed by atoms with Crippen LogP contribution in [-0.4, -0.2) is 11.1 Å². The Bertz CT molecular complexity index is 615. The molecule has 0 saturated heterocycles. The van der Waals surface area contributed by atoms with Crippen LogP contribution in [0.15, 0.2) is 54.6 Å². The molecule has 0 amide bonds. The molecule has 0 heterocycles. The van der Waals surface area contributed by atoms with Crippen LogP contribution in [0, 0.1) is 11.3 Å². The van der Waals surface area contributed by atoms with E-state index in [1.807, 2.05) is 36.4 Å². The first kappa shape index (κ1) is 13.8. The Balaban J connectivity index is 2.06. The van der Waals surface area contributed by atoms with E-state index in [1.165, 1.54) is 0 Å². The van der Waals surface area contributed by atoms with Gasteiger partial charge in [0.25, 0.3) is 0 Å². The molecular weight excluding hydrogens is 252 g/mol. The van der Waals surface area contributed by atoms with Gasteiger partial charge in [-0.1, -0.05) is 42.5 Å². The van der Waals surface area contributed by atoms with Crippen molar-refractivity contribution in [3.63, 3.8) is 0 Å². The maximum atomic E-state index is 11.3. The maximum absolute atomic E-state index is 11.3. The van der Waals surface area contributed by atoms with Gasteiger partial charge in [-0.3, -0.25) is 10.1 Å². The Hall–Kier alpha value is -2.64. The minimum absolute atomic E-state index is 0.428. The zero-order chi connectivity index (χ0) is 14.4. The number of nitrogens with one attached hydrogen (secondary N) is 1. The van der Waals surface area contributed by atoms with Crippen molar-refractivity contribution in [2.75, 3.05) is 0 Å². The van der Waals surface area contributed by atoms with Crippen LogP contribution in [0.2, 0.25) is 0 Å². The van der Waals surface area contributed by atoms with Gasteiger partial charge in [0, 0.05) is 6.54 Å². The summed E-state index contributed by atoms with van der Waals surface area (Å²) in [6.45, 7) is 0.428. The highest BCUT2D eigenvalue weighted by molar-refractivity contribution is 5.75. The minimum Gasteiger partial charge on any atom is -0.480 e. The number of hydrogen-bond acceptors (Lipinski definition) is 3. The molecule has 1 atom stereocenters. The third kappa shape index (κ3) is 3.44. The Labute approximate surface area is 117 Å². The Morgan fingerprint density at radius 1 is 1.15 bits per heavy atom. The monoisotopic (exact) mass is 266 g/mol. The van der Waals surface area contributed by atoms with Crippen LogP contribution in [-0.2, 0) is 11.3 Å². The van der Waals surface area contributed by atoms with Crippen molar-refractivity contribution in [1.82, 2.24) is 5.32 Å². The fourth-order valence-corrected chi connectivity index (χ4v) is 1.91. The predicted molar refractivity (Wildman–Crippen MR) is 74.8 cm³/mol. The van der Waals surface area contributed by atoms with Crippen molar-refractivity contribution in [2.45, 2.75) is 12.6 Å². The number of carbonyl (C=O) groups is 1. The number of rotatable bonds is 5. The van der Waals surface area contributed by atoms with Crippen LogP contribution < -0.4 is 5.32 Å². The minimum atomic E-state index is -0.912. The second-order valence-electron chi connectivity index (χ2n) is 4.37. The summed E-state index contributed by atoms with van der Waals surface area (Å²) in [5, 5.41) is 21.0. The van der Waals surface area contributed by atoms with Gasteiger partial charge >= 0.3 is 5.97 Å². The molecule has 0 aliphatic carbocycles. The molecular formula is C16H14N2O2. The lowest BCUT2D eigenvalue weighted by Gasteiger charge is -2.14. The third-order valence-electron chi connectivity index (χ3n) is 2.97. The second kappa shape index (κ2) is 6.50. The van der Waals surface area contributed by atoms with Gasteiger partial charge in [0.2, 0.25) is 0 Å². The number of aliphatic carboxylic acids is 1. The van der Waals surface area contributed by atoms with Crippen molar-refractivity contribution >= 4 is 5.97 Å². The van der Waals surface area contributed by atoms with Crippen molar-refractivity contribution in [2.24, 2.45) is 0 Å². The molecule has 0 aromatic heterocycles. The average Bonchev–Trinajstić information content (AvgIpc) is 2.49. The summed E-state index contributed by atoms with van der Waals surface area (Å²) in [5.41, 5.74) is 2.24. The van der Waals surface area contributed by atoms with Crippen molar-refractivity contribution in [3.8, 4) is 6.07 Å². The van der Waals surface area contributed by atoms with Gasteiger partial charge in [-0.25, -0.2) is 0 Å². The number of carboxylic acid groups (broad SMARTS) is 1.